The fourth-order valence-corrected chi connectivity index (χ4v) is 6.68. The second kappa shape index (κ2) is 17.4. The Labute approximate surface area is 266 Å². The molecule has 8 nitrogen and oxygen atoms in total. The van der Waals surface area contributed by atoms with Crippen molar-refractivity contribution in [1.29, 1.82) is 0 Å². The molecule has 0 unspecified atom stereocenters. The predicted molar refractivity (Wildman–Crippen MR) is 180 cm³/mol. The molecule has 0 spiro atoms. The Balaban J connectivity index is 1.60. The van der Waals surface area contributed by atoms with Gasteiger partial charge in [0.15, 0.2) is 0 Å². The van der Waals surface area contributed by atoms with Gasteiger partial charge < -0.3 is 20.3 Å². The van der Waals surface area contributed by atoms with Crippen molar-refractivity contribution in [3.63, 3.8) is 0 Å². The molecule has 43 heavy (non-hydrogen) atoms. The zero-order valence-electron chi connectivity index (χ0n) is 26.3. The maximum atomic E-state index is 13.4. The number of nitrogens with one attached hydrogen (secondary N) is 2. The molecule has 0 heterocycles. The van der Waals surface area contributed by atoms with Crippen molar-refractivity contribution >= 4 is 52.8 Å². The van der Waals surface area contributed by atoms with Gasteiger partial charge >= 0.3 is 6.09 Å². The van der Waals surface area contributed by atoms with Crippen LogP contribution in [0.1, 0.15) is 58.4 Å². The van der Waals surface area contributed by atoms with Crippen LogP contribution in [-0.2, 0) is 20.9 Å². The van der Waals surface area contributed by atoms with Crippen LogP contribution in [0.2, 0.25) is 0 Å². The van der Waals surface area contributed by atoms with Crippen LogP contribution in [-0.4, -0.2) is 71.7 Å². The molecule has 1 fully saturated rings. The van der Waals surface area contributed by atoms with Crippen molar-refractivity contribution < 1.29 is 19.1 Å². The Morgan fingerprint density at radius 2 is 1.63 bits per heavy atom. The first-order valence-corrected chi connectivity index (χ1v) is 17.6. The van der Waals surface area contributed by atoms with Crippen LogP contribution in [0.4, 0.5) is 16.2 Å². The van der Waals surface area contributed by atoms with E-state index < -0.39 is 17.7 Å². The van der Waals surface area contributed by atoms with E-state index in [1.165, 1.54) is 48.8 Å². The maximum absolute atomic E-state index is 13.4. The summed E-state index contributed by atoms with van der Waals surface area (Å²) in [5.41, 5.74) is 2.44. The summed E-state index contributed by atoms with van der Waals surface area (Å²) in [6.45, 7) is 5.55. The number of thioether (sulfide) groups is 2. The van der Waals surface area contributed by atoms with Crippen molar-refractivity contribution in [3.05, 3.63) is 60.2 Å². The number of anilines is 2. The molecule has 0 radical (unpaired) electrons. The number of para-hydroxylation sites is 1. The Bertz CT molecular complexity index is 1150. The predicted octanol–water partition coefficient (Wildman–Crippen LogP) is 6.43. The van der Waals surface area contributed by atoms with Gasteiger partial charge in [0.1, 0.15) is 18.2 Å². The Hall–Kier alpha value is -2.85. The highest BCUT2D eigenvalue weighted by Gasteiger charge is 2.27. The van der Waals surface area contributed by atoms with Crippen LogP contribution in [0.3, 0.4) is 0 Å². The molecule has 0 aromatic heterocycles. The number of ether oxygens (including phenoxy) is 1. The zero-order chi connectivity index (χ0) is 31.2. The minimum Gasteiger partial charge on any atom is -0.444 e. The summed E-state index contributed by atoms with van der Waals surface area (Å²) in [6.07, 6.45) is 7.60. The van der Waals surface area contributed by atoms with Crippen LogP contribution in [0, 0.1) is 5.92 Å². The summed E-state index contributed by atoms with van der Waals surface area (Å²) >= 11 is 3.14. The van der Waals surface area contributed by atoms with E-state index in [0.717, 1.165) is 22.7 Å². The van der Waals surface area contributed by atoms with Gasteiger partial charge in [-0.15, -0.1) is 11.8 Å². The van der Waals surface area contributed by atoms with E-state index in [1.807, 2.05) is 55.8 Å². The van der Waals surface area contributed by atoms with Crippen molar-refractivity contribution in [2.24, 2.45) is 5.92 Å². The molecule has 1 aliphatic rings. The van der Waals surface area contributed by atoms with Gasteiger partial charge in [0, 0.05) is 30.7 Å². The molecule has 0 aliphatic heterocycles. The van der Waals surface area contributed by atoms with Gasteiger partial charge in [0.2, 0.25) is 11.8 Å². The molecule has 1 saturated carbocycles. The third-order valence-electron chi connectivity index (χ3n) is 7.22. The number of carbonyl (C=O) groups is 3. The topological polar surface area (TPSA) is 91.0 Å². The van der Waals surface area contributed by atoms with E-state index >= 15 is 0 Å². The minimum absolute atomic E-state index is 0.177. The third kappa shape index (κ3) is 12.3. The monoisotopic (exact) mass is 628 g/mol. The van der Waals surface area contributed by atoms with Crippen LogP contribution >= 0.6 is 23.5 Å². The number of carbonyl (C=O) groups excluding carboxylic acids is 3. The van der Waals surface area contributed by atoms with Crippen LogP contribution in [0.15, 0.2) is 54.6 Å². The lowest BCUT2D eigenvalue weighted by molar-refractivity contribution is -0.129. The van der Waals surface area contributed by atoms with Gasteiger partial charge in [0.05, 0.1) is 5.88 Å². The highest BCUT2D eigenvalue weighted by Crippen LogP contribution is 2.27. The summed E-state index contributed by atoms with van der Waals surface area (Å²) < 4.78 is 5.48. The van der Waals surface area contributed by atoms with Gasteiger partial charge in [-0.3, -0.25) is 14.5 Å². The molecular weight excluding hydrogens is 581 g/mol. The molecule has 2 aromatic carbocycles. The SMILES string of the molecule is CSCN(CC(=O)N[C@@H](CSCC1CCCCC1)C(=O)NCc1ccc(N(C)c2ccccc2)cc1)C(=O)OC(C)(C)C. The van der Waals surface area contributed by atoms with Crippen LogP contribution < -0.4 is 15.5 Å². The molecule has 1 aliphatic carbocycles. The first kappa shape index (κ1) is 34.6. The summed E-state index contributed by atoms with van der Waals surface area (Å²) in [6, 6.07) is 17.5. The second-order valence-electron chi connectivity index (χ2n) is 12.0. The fourth-order valence-electron chi connectivity index (χ4n) is 4.90. The van der Waals surface area contributed by atoms with E-state index in [9.17, 15) is 14.4 Å². The van der Waals surface area contributed by atoms with E-state index in [0.29, 0.717) is 24.1 Å². The van der Waals surface area contributed by atoms with Gasteiger partial charge in [-0.2, -0.15) is 11.8 Å². The smallest absolute Gasteiger partial charge is 0.411 e. The van der Waals surface area contributed by atoms with Crippen molar-refractivity contribution in [2.45, 2.75) is 71.1 Å². The average molecular weight is 629 g/mol. The van der Waals surface area contributed by atoms with E-state index in [2.05, 4.69) is 27.7 Å². The normalized spacial score (nSPS) is 14.4. The summed E-state index contributed by atoms with van der Waals surface area (Å²) in [5.74, 6) is 1.81. The molecule has 2 aromatic rings. The molecule has 10 heteroatoms. The molecule has 0 saturated heterocycles. The Morgan fingerprint density at radius 1 is 0.977 bits per heavy atom. The first-order chi connectivity index (χ1) is 20.6. The highest BCUT2D eigenvalue weighted by atomic mass is 32.2. The van der Waals surface area contributed by atoms with Gasteiger partial charge in [0.25, 0.3) is 0 Å². The Kier molecular flexibility index (Phi) is 14.1. The molecule has 3 rings (SSSR count). The van der Waals surface area contributed by atoms with Gasteiger partial charge in [-0.25, -0.2) is 4.79 Å². The van der Waals surface area contributed by atoms with E-state index in [-0.39, 0.29) is 18.4 Å². The van der Waals surface area contributed by atoms with Gasteiger partial charge in [-0.1, -0.05) is 49.6 Å². The lowest BCUT2D eigenvalue weighted by atomic mass is 9.91. The maximum Gasteiger partial charge on any atom is 0.411 e. The zero-order valence-corrected chi connectivity index (χ0v) is 27.9. The number of hydrogen-bond acceptors (Lipinski definition) is 7. The third-order valence-corrected chi connectivity index (χ3v) is 9.07. The number of amides is 3. The number of hydrogen-bond donors (Lipinski definition) is 2. The summed E-state index contributed by atoms with van der Waals surface area (Å²) in [7, 11) is 2.02. The quantitative estimate of drug-likeness (QED) is 0.233. The van der Waals surface area contributed by atoms with Crippen LogP contribution in [0.25, 0.3) is 0 Å². The molecule has 3 amide bonds. The van der Waals surface area contributed by atoms with Crippen molar-refractivity contribution in [3.8, 4) is 0 Å². The lowest BCUT2D eigenvalue weighted by Gasteiger charge is -2.27. The first-order valence-electron chi connectivity index (χ1n) is 15.0. The van der Waals surface area contributed by atoms with Gasteiger partial charge in [-0.05, 0) is 81.4 Å². The molecule has 0 bridgehead atoms. The van der Waals surface area contributed by atoms with E-state index in [4.69, 9.17) is 4.74 Å². The summed E-state index contributed by atoms with van der Waals surface area (Å²) in [4.78, 5) is 42.6. The highest BCUT2D eigenvalue weighted by molar-refractivity contribution is 7.99. The number of nitrogens with zero attached hydrogens (tertiary/aromatic N) is 2. The minimum atomic E-state index is -0.709. The van der Waals surface area contributed by atoms with Crippen molar-refractivity contribution in [1.82, 2.24) is 15.5 Å². The van der Waals surface area contributed by atoms with Crippen molar-refractivity contribution in [2.75, 3.05) is 42.1 Å². The largest absolute Gasteiger partial charge is 0.444 e. The Morgan fingerprint density at radius 3 is 2.26 bits per heavy atom. The molecule has 236 valence electrons. The molecule has 1 atom stereocenters. The van der Waals surface area contributed by atoms with Crippen LogP contribution in [0.5, 0.6) is 0 Å². The fraction of sp³-hybridized carbons (Fsp3) is 0.545. The van der Waals surface area contributed by atoms with E-state index in [1.54, 1.807) is 32.5 Å². The second-order valence-corrected chi connectivity index (χ2v) is 13.9. The summed E-state index contributed by atoms with van der Waals surface area (Å²) in [5, 5.41) is 5.92. The lowest BCUT2D eigenvalue weighted by Crippen LogP contribution is -2.51. The standard InChI is InChI=1S/C33H48N4O4S2/c1-33(2,3)41-32(40)37(24-42-5)21-30(38)35-29(23-43-22-26-12-8-6-9-13-26)31(39)34-20-25-16-18-28(19-17-25)36(4)27-14-10-7-11-15-27/h7,10-11,14-19,26,29H,6,8-9,12-13,20-24H2,1-5H3,(H,34,39)(H,35,38)/t29-/m0/s1. The number of rotatable bonds is 14. The number of benzene rings is 2. The molecular formula is C33H48N4O4S2. The average Bonchev–Trinajstić information content (AvgIpc) is 2.99. The molecule has 2 N–H and O–H groups in total.